The topological polar surface area (TPSA) is 55.8 Å². The summed E-state index contributed by atoms with van der Waals surface area (Å²) in [6.07, 6.45) is -1.32. The zero-order valence-corrected chi connectivity index (χ0v) is 13.7. The molecule has 2 aromatic carbocycles. The molecule has 1 N–H and O–H groups in total. The van der Waals surface area contributed by atoms with Crippen molar-refractivity contribution in [1.29, 1.82) is 0 Å². The monoisotopic (exact) mass is 314 g/mol. The van der Waals surface area contributed by atoms with E-state index in [4.69, 9.17) is 14.6 Å². The van der Waals surface area contributed by atoms with Crippen molar-refractivity contribution in [2.24, 2.45) is 0 Å². The number of carbonyl (C=O) groups is 1. The van der Waals surface area contributed by atoms with Gasteiger partial charge in [-0.25, -0.2) is 4.79 Å². The first-order valence-electron chi connectivity index (χ1n) is 7.50. The SMILES string of the molecule is CC(C)(OC(=O)O)C(C)(OCc1ccccc1)c1ccccc1. The second-order valence-electron chi connectivity index (χ2n) is 6.05. The molecule has 0 saturated carbocycles. The van der Waals surface area contributed by atoms with E-state index < -0.39 is 17.4 Å². The lowest BCUT2D eigenvalue weighted by Gasteiger charge is -2.42. The predicted molar refractivity (Wildman–Crippen MR) is 88.2 cm³/mol. The highest BCUT2D eigenvalue weighted by atomic mass is 16.7. The third kappa shape index (κ3) is 3.90. The number of hydrogen-bond donors (Lipinski definition) is 1. The van der Waals surface area contributed by atoms with Crippen molar-refractivity contribution in [3.8, 4) is 0 Å². The van der Waals surface area contributed by atoms with Crippen LogP contribution in [0.4, 0.5) is 4.79 Å². The maximum atomic E-state index is 11.1. The van der Waals surface area contributed by atoms with E-state index in [0.29, 0.717) is 6.61 Å². The van der Waals surface area contributed by atoms with Crippen molar-refractivity contribution < 1.29 is 19.4 Å². The van der Waals surface area contributed by atoms with Crippen LogP contribution in [0.15, 0.2) is 60.7 Å². The summed E-state index contributed by atoms with van der Waals surface area (Å²) in [7, 11) is 0. The summed E-state index contributed by atoms with van der Waals surface area (Å²) in [5, 5.41) is 9.07. The Hall–Kier alpha value is -2.33. The first-order chi connectivity index (χ1) is 10.8. The minimum atomic E-state index is -1.32. The Kier molecular flexibility index (Phi) is 5.06. The van der Waals surface area contributed by atoms with Crippen molar-refractivity contribution in [2.75, 3.05) is 0 Å². The molecule has 1 atom stereocenters. The zero-order chi connectivity index (χ0) is 16.9. The number of rotatable bonds is 6. The van der Waals surface area contributed by atoms with Gasteiger partial charge in [0.2, 0.25) is 0 Å². The quantitative estimate of drug-likeness (QED) is 0.792. The standard InChI is InChI=1S/C19H22O4/c1-18(2,23-17(20)21)19(3,16-12-8-5-9-13-16)22-14-15-10-6-4-7-11-15/h4-13H,14H2,1-3H3,(H,20,21). The molecule has 2 rings (SSSR count). The molecular formula is C19H22O4. The lowest BCUT2D eigenvalue weighted by molar-refractivity contribution is -0.178. The summed E-state index contributed by atoms with van der Waals surface area (Å²) in [5.41, 5.74) is -0.111. The molecule has 122 valence electrons. The van der Waals surface area contributed by atoms with Gasteiger partial charge < -0.3 is 14.6 Å². The van der Waals surface area contributed by atoms with E-state index in [2.05, 4.69) is 0 Å². The molecule has 0 aliphatic heterocycles. The lowest BCUT2D eigenvalue weighted by Crippen LogP contribution is -2.50. The Bertz CT molecular complexity index is 637. The van der Waals surface area contributed by atoms with Crippen molar-refractivity contribution in [1.82, 2.24) is 0 Å². The maximum Gasteiger partial charge on any atom is 0.506 e. The van der Waals surface area contributed by atoms with Gasteiger partial charge in [0.1, 0.15) is 11.2 Å². The first kappa shape index (κ1) is 17.0. The van der Waals surface area contributed by atoms with E-state index in [1.54, 1.807) is 13.8 Å². The van der Waals surface area contributed by atoms with Gasteiger partial charge in [-0.05, 0) is 31.9 Å². The summed E-state index contributed by atoms with van der Waals surface area (Å²) < 4.78 is 11.3. The maximum absolute atomic E-state index is 11.1. The number of carboxylic acid groups (broad SMARTS) is 1. The van der Waals surface area contributed by atoms with E-state index in [1.165, 1.54) is 0 Å². The molecule has 0 saturated heterocycles. The van der Waals surface area contributed by atoms with Crippen LogP contribution in [0.3, 0.4) is 0 Å². The summed E-state index contributed by atoms with van der Waals surface area (Å²) in [6.45, 7) is 5.66. The lowest BCUT2D eigenvalue weighted by atomic mass is 9.81. The van der Waals surface area contributed by atoms with Crippen LogP contribution >= 0.6 is 0 Å². The normalized spacial score (nSPS) is 14.0. The molecular weight excluding hydrogens is 292 g/mol. The van der Waals surface area contributed by atoms with E-state index in [0.717, 1.165) is 11.1 Å². The van der Waals surface area contributed by atoms with Crippen LogP contribution in [-0.4, -0.2) is 16.9 Å². The van der Waals surface area contributed by atoms with Gasteiger partial charge in [0.15, 0.2) is 0 Å². The molecule has 1 unspecified atom stereocenters. The molecule has 0 bridgehead atoms. The van der Waals surface area contributed by atoms with Crippen molar-refractivity contribution in [3.63, 3.8) is 0 Å². The fourth-order valence-corrected chi connectivity index (χ4v) is 2.48. The predicted octanol–water partition coefficient (Wildman–Crippen LogP) is 4.59. The van der Waals surface area contributed by atoms with Gasteiger partial charge >= 0.3 is 6.16 Å². The van der Waals surface area contributed by atoms with E-state index >= 15 is 0 Å². The van der Waals surface area contributed by atoms with Gasteiger partial charge in [0, 0.05) is 0 Å². The smallest absolute Gasteiger partial charge is 0.450 e. The highest BCUT2D eigenvalue weighted by molar-refractivity contribution is 5.58. The average Bonchev–Trinajstić information content (AvgIpc) is 2.53. The number of ether oxygens (including phenoxy) is 2. The zero-order valence-electron chi connectivity index (χ0n) is 13.7. The summed E-state index contributed by atoms with van der Waals surface area (Å²) in [4.78, 5) is 11.1. The summed E-state index contributed by atoms with van der Waals surface area (Å²) in [6, 6.07) is 19.3. The van der Waals surface area contributed by atoms with Crippen LogP contribution in [-0.2, 0) is 21.7 Å². The molecule has 2 aromatic rings. The molecule has 23 heavy (non-hydrogen) atoms. The largest absolute Gasteiger partial charge is 0.506 e. The van der Waals surface area contributed by atoms with Crippen LogP contribution < -0.4 is 0 Å². The van der Waals surface area contributed by atoms with Gasteiger partial charge in [-0.15, -0.1) is 0 Å². The fourth-order valence-electron chi connectivity index (χ4n) is 2.48. The third-order valence-corrected chi connectivity index (χ3v) is 4.19. The van der Waals surface area contributed by atoms with Gasteiger partial charge in [0.25, 0.3) is 0 Å². The Morgan fingerprint density at radius 3 is 2.00 bits per heavy atom. The molecule has 0 radical (unpaired) electrons. The summed E-state index contributed by atoms with van der Waals surface area (Å²) in [5.74, 6) is 0. The van der Waals surface area contributed by atoms with Crippen LogP contribution in [0.2, 0.25) is 0 Å². The molecule has 0 spiro atoms. The minimum Gasteiger partial charge on any atom is -0.450 e. The Morgan fingerprint density at radius 1 is 0.957 bits per heavy atom. The average molecular weight is 314 g/mol. The fraction of sp³-hybridized carbons (Fsp3) is 0.316. The highest BCUT2D eigenvalue weighted by Gasteiger charge is 2.47. The van der Waals surface area contributed by atoms with Gasteiger partial charge in [-0.3, -0.25) is 0 Å². The van der Waals surface area contributed by atoms with Gasteiger partial charge in [-0.2, -0.15) is 0 Å². The third-order valence-electron chi connectivity index (χ3n) is 4.19. The molecule has 4 nitrogen and oxygen atoms in total. The van der Waals surface area contributed by atoms with Crippen molar-refractivity contribution >= 4 is 6.16 Å². The molecule has 0 aliphatic rings. The van der Waals surface area contributed by atoms with E-state index in [-0.39, 0.29) is 0 Å². The highest BCUT2D eigenvalue weighted by Crippen LogP contribution is 2.39. The van der Waals surface area contributed by atoms with Crippen LogP contribution in [0, 0.1) is 0 Å². The Labute approximate surface area is 136 Å². The van der Waals surface area contributed by atoms with Crippen LogP contribution in [0.5, 0.6) is 0 Å². The summed E-state index contributed by atoms with van der Waals surface area (Å²) >= 11 is 0. The number of benzene rings is 2. The first-order valence-corrected chi connectivity index (χ1v) is 7.50. The molecule has 0 amide bonds. The molecule has 0 aliphatic carbocycles. The number of hydrogen-bond acceptors (Lipinski definition) is 3. The Balaban J connectivity index is 2.33. The Morgan fingerprint density at radius 2 is 1.48 bits per heavy atom. The van der Waals surface area contributed by atoms with Gasteiger partial charge in [-0.1, -0.05) is 60.7 Å². The molecule has 4 heteroatoms. The van der Waals surface area contributed by atoms with Gasteiger partial charge in [0.05, 0.1) is 6.61 Å². The van der Waals surface area contributed by atoms with Crippen LogP contribution in [0.1, 0.15) is 31.9 Å². The second kappa shape index (κ2) is 6.84. The minimum absolute atomic E-state index is 0.360. The van der Waals surface area contributed by atoms with Crippen LogP contribution in [0.25, 0.3) is 0 Å². The van der Waals surface area contributed by atoms with Crippen molar-refractivity contribution in [3.05, 3.63) is 71.8 Å². The molecule has 0 aromatic heterocycles. The van der Waals surface area contributed by atoms with Crippen molar-refractivity contribution in [2.45, 2.75) is 38.6 Å². The second-order valence-corrected chi connectivity index (χ2v) is 6.05. The molecule has 0 fully saturated rings. The van der Waals surface area contributed by atoms with E-state index in [9.17, 15) is 4.79 Å². The molecule has 0 heterocycles. The van der Waals surface area contributed by atoms with E-state index in [1.807, 2.05) is 67.6 Å².